The number of halogens is 1. The monoisotopic (exact) mass is 390 g/mol. The van der Waals surface area contributed by atoms with Crippen molar-refractivity contribution in [2.45, 2.75) is 45.8 Å². The van der Waals surface area contributed by atoms with Gasteiger partial charge in [-0.05, 0) is 43.4 Å². The number of nitrogens with one attached hydrogen (secondary N) is 1. The molecule has 3 rings (SSSR count). The van der Waals surface area contributed by atoms with Gasteiger partial charge in [0.05, 0.1) is 6.10 Å². The lowest BCUT2D eigenvalue weighted by molar-refractivity contribution is -0.165. The van der Waals surface area contributed by atoms with Crippen molar-refractivity contribution in [3.63, 3.8) is 0 Å². The standard InChI is InChI=1S/C21H27FN2O4/c1-13(2)5-7-21(20(27)28)12-24(8-6-19(21)26)11-15-10-18(25)16-9-14(22)3-4-17(16)23-15/h3-4,9-10,13,19,26H,5-8,11-12H2,1-2H3,(H,23,25)(H,27,28)/t19-,21-/m1/s1. The second-order valence-corrected chi connectivity index (χ2v) is 8.26. The van der Waals surface area contributed by atoms with Crippen LogP contribution in [0.5, 0.6) is 0 Å². The van der Waals surface area contributed by atoms with Gasteiger partial charge in [-0.3, -0.25) is 14.5 Å². The number of rotatable bonds is 6. The fraction of sp³-hybridized carbons (Fsp3) is 0.524. The Labute approximate surface area is 163 Å². The molecule has 0 aliphatic carbocycles. The number of piperidine rings is 1. The van der Waals surface area contributed by atoms with Gasteiger partial charge in [-0.2, -0.15) is 0 Å². The lowest BCUT2D eigenvalue weighted by Gasteiger charge is -2.43. The molecule has 2 atom stereocenters. The molecule has 3 N–H and O–H groups in total. The number of aliphatic carboxylic acids is 1. The summed E-state index contributed by atoms with van der Waals surface area (Å²) >= 11 is 0. The van der Waals surface area contributed by atoms with Crippen LogP contribution in [0.3, 0.4) is 0 Å². The molecule has 152 valence electrons. The van der Waals surface area contributed by atoms with Crippen LogP contribution in [0, 0.1) is 17.2 Å². The molecule has 2 heterocycles. The summed E-state index contributed by atoms with van der Waals surface area (Å²) in [5.74, 6) is -1.10. The first-order valence-electron chi connectivity index (χ1n) is 9.66. The van der Waals surface area contributed by atoms with E-state index in [1.54, 1.807) is 0 Å². The summed E-state index contributed by atoms with van der Waals surface area (Å²) in [6.07, 6.45) is 0.604. The normalized spacial score (nSPS) is 23.4. The maximum absolute atomic E-state index is 13.4. The number of aromatic amines is 1. The molecule has 1 fully saturated rings. The highest BCUT2D eigenvalue weighted by Crippen LogP contribution is 2.37. The third kappa shape index (κ3) is 4.10. The van der Waals surface area contributed by atoms with E-state index in [1.165, 1.54) is 24.3 Å². The van der Waals surface area contributed by atoms with Gasteiger partial charge in [0.2, 0.25) is 0 Å². The van der Waals surface area contributed by atoms with Gasteiger partial charge >= 0.3 is 5.97 Å². The maximum Gasteiger partial charge on any atom is 0.313 e. The Bertz CT molecular complexity index is 926. The van der Waals surface area contributed by atoms with Crippen LogP contribution in [0.15, 0.2) is 29.1 Å². The van der Waals surface area contributed by atoms with E-state index < -0.39 is 23.3 Å². The average Bonchev–Trinajstić information content (AvgIpc) is 2.62. The number of likely N-dealkylation sites (tertiary alicyclic amines) is 1. The Balaban J connectivity index is 1.84. The molecule has 1 aromatic heterocycles. The van der Waals surface area contributed by atoms with E-state index in [9.17, 15) is 24.2 Å². The van der Waals surface area contributed by atoms with Crippen molar-refractivity contribution in [2.24, 2.45) is 11.3 Å². The zero-order valence-electron chi connectivity index (χ0n) is 16.2. The summed E-state index contributed by atoms with van der Waals surface area (Å²) in [5, 5.41) is 20.7. The number of fused-ring (bicyclic) bond motifs is 1. The van der Waals surface area contributed by atoms with E-state index >= 15 is 0 Å². The Kier molecular flexibility index (Phi) is 5.86. The van der Waals surface area contributed by atoms with E-state index in [-0.39, 0.29) is 17.4 Å². The largest absolute Gasteiger partial charge is 0.481 e. The molecule has 0 saturated carbocycles. The van der Waals surface area contributed by atoms with Gasteiger partial charge in [-0.1, -0.05) is 13.8 Å². The van der Waals surface area contributed by atoms with Crippen LogP contribution in [0.2, 0.25) is 0 Å². The zero-order valence-corrected chi connectivity index (χ0v) is 16.2. The van der Waals surface area contributed by atoms with Gasteiger partial charge in [0.1, 0.15) is 11.2 Å². The highest BCUT2D eigenvalue weighted by molar-refractivity contribution is 5.78. The summed E-state index contributed by atoms with van der Waals surface area (Å²) < 4.78 is 13.4. The van der Waals surface area contributed by atoms with Gasteiger partial charge in [0, 0.05) is 42.3 Å². The van der Waals surface area contributed by atoms with Gasteiger partial charge in [-0.25, -0.2) is 4.39 Å². The van der Waals surface area contributed by atoms with Gasteiger partial charge in [0.15, 0.2) is 5.43 Å². The van der Waals surface area contributed by atoms with Crippen molar-refractivity contribution in [1.29, 1.82) is 0 Å². The number of H-pyrrole nitrogens is 1. The van der Waals surface area contributed by atoms with Crippen molar-refractivity contribution in [2.75, 3.05) is 13.1 Å². The molecule has 0 unspecified atom stereocenters. The Morgan fingerprint density at radius 1 is 1.39 bits per heavy atom. The van der Waals surface area contributed by atoms with Crippen LogP contribution in [0.1, 0.15) is 38.8 Å². The lowest BCUT2D eigenvalue weighted by Crippen LogP contribution is -2.55. The van der Waals surface area contributed by atoms with E-state index in [4.69, 9.17) is 0 Å². The molecule has 0 bridgehead atoms. The summed E-state index contributed by atoms with van der Waals surface area (Å²) in [6.45, 7) is 5.20. The number of aromatic nitrogens is 1. The minimum Gasteiger partial charge on any atom is -0.481 e. The van der Waals surface area contributed by atoms with Gasteiger partial charge in [-0.15, -0.1) is 0 Å². The molecular weight excluding hydrogens is 363 g/mol. The summed E-state index contributed by atoms with van der Waals surface area (Å²) in [4.78, 5) is 29.5. The molecule has 0 spiro atoms. The average molecular weight is 390 g/mol. The minimum absolute atomic E-state index is 0.222. The lowest BCUT2D eigenvalue weighted by atomic mass is 9.72. The predicted octanol–water partition coefficient (Wildman–Crippen LogP) is 2.74. The molecule has 7 heteroatoms. The number of carboxylic acid groups (broad SMARTS) is 1. The Morgan fingerprint density at radius 3 is 2.82 bits per heavy atom. The molecule has 6 nitrogen and oxygen atoms in total. The second kappa shape index (κ2) is 8.01. The van der Waals surface area contributed by atoms with Crippen LogP contribution >= 0.6 is 0 Å². The highest BCUT2D eigenvalue weighted by Gasteiger charge is 2.48. The number of benzene rings is 1. The molecule has 2 aromatic rings. The number of hydrogen-bond acceptors (Lipinski definition) is 4. The number of aliphatic hydroxyl groups is 1. The molecule has 1 aliphatic rings. The summed E-state index contributed by atoms with van der Waals surface area (Å²) in [5.41, 5.74) is -0.290. The van der Waals surface area contributed by atoms with Gasteiger partial charge in [0.25, 0.3) is 0 Å². The van der Waals surface area contributed by atoms with E-state index in [0.717, 1.165) is 6.42 Å². The van der Waals surface area contributed by atoms with E-state index in [0.29, 0.717) is 43.1 Å². The minimum atomic E-state index is -1.21. The molecule has 1 saturated heterocycles. The van der Waals surface area contributed by atoms with Crippen LogP contribution < -0.4 is 5.43 Å². The van der Waals surface area contributed by atoms with E-state index in [1.807, 2.05) is 18.7 Å². The first-order valence-corrected chi connectivity index (χ1v) is 9.66. The van der Waals surface area contributed by atoms with Crippen molar-refractivity contribution in [3.8, 4) is 0 Å². The third-order valence-electron chi connectivity index (χ3n) is 5.70. The first-order chi connectivity index (χ1) is 13.2. The number of pyridine rings is 1. The smallest absolute Gasteiger partial charge is 0.313 e. The van der Waals surface area contributed by atoms with Crippen LogP contribution in [-0.4, -0.2) is 45.3 Å². The quantitative estimate of drug-likeness (QED) is 0.705. The number of carboxylic acids is 1. The predicted molar refractivity (Wildman–Crippen MR) is 105 cm³/mol. The van der Waals surface area contributed by atoms with Gasteiger partial charge < -0.3 is 15.2 Å². The number of aliphatic hydroxyl groups excluding tert-OH is 1. The second-order valence-electron chi connectivity index (χ2n) is 8.26. The Hall–Kier alpha value is -2.25. The van der Waals surface area contributed by atoms with E-state index in [2.05, 4.69) is 4.98 Å². The van der Waals surface area contributed by atoms with Crippen molar-refractivity contribution in [1.82, 2.24) is 9.88 Å². The van der Waals surface area contributed by atoms with Crippen molar-refractivity contribution >= 4 is 16.9 Å². The zero-order chi connectivity index (χ0) is 20.5. The summed E-state index contributed by atoms with van der Waals surface area (Å²) in [7, 11) is 0. The summed E-state index contributed by atoms with van der Waals surface area (Å²) in [6, 6.07) is 5.46. The highest BCUT2D eigenvalue weighted by atomic mass is 19.1. The molecule has 0 amide bonds. The van der Waals surface area contributed by atoms with Crippen LogP contribution in [0.25, 0.3) is 10.9 Å². The Morgan fingerprint density at radius 2 is 2.14 bits per heavy atom. The fourth-order valence-corrected chi connectivity index (χ4v) is 4.01. The topological polar surface area (TPSA) is 93.6 Å². The fourth-order valence-electron chi connectivity index (χ4n) is 4.01. The first kappa shape index (κ1) is 20.5. The van der Waals surface area contributed by atoms with Crippen molar-refractivity contribution < 1.29 is 19.4 Å². The number of nitrogens with zero attached hydrogens (tertiary/aromatic N) is 1. The maximum atomic E-state index is 13.4. The van der Waals surface area contributed by atoms with Crippen molar-refractivity contribution in [3.05, 3.63) is 46.0 Å². The molecular formula is C21H27FN2O4. The van der Waals surface area contributed by atoms with Crippen LogP contribution in [-0.2, 0) is 11.3 Å². The third-order valence-corrected chi connectivity index (χ3v) is 5.70. The molecule has 1 aliphatic heterocycles. The number of hydrogen-bond donors (Lipinski definition) is 3. The molecule has 1 aromatic carbocycles. The van der Waals surface area contributed by atoms with Crippen LogP contribution in [0.4, 0.5) is 4.39 Å². The molecule has 28 heavy (non-hydrogen) atoms. The number of carbonyl (C=O) groups is 1. The molecule has 0 radical (unpaired) electrons. The SMILES string of the molecule is CC(C)CC[C@@]1(C(=O)O)CN(Cc2cc(=O)c3cc(F)ccc3[nH]2)CC[C@H]1O.